The molecule has 2 nitrogen and oxygen atoms in total. The first-order valence-electron chi connectivity index (χ1n) is 5.84. The van der Waals surface area contributed by atoms with Gasteiger partial charge >= 0.3 is 0 Å². The Labute approximate surface area is 97.5 Å². The molecule has 1 heterocycles. The molecule has 1 aliphatic heterocycles. The van der Waals surface area contributed by atoms with Crippen LogP contribution >= 0.6 is 0 Å². The molecule has 0 spiro atoms. The predicted octanol–water partition coefficient (Wildman–Crippen LogP) is 2.42. The minimum Gasteiger partial charge on any atom is -0.306 e. The first-order chi connectivity index (χ1) is 7.69. The van der Waals surface area contributed by atoms with Crippen molar-refractivity contribution in [3.63, 3.8) is 0 Å². The molecular formula is C14H18N2. The lowest BCUT2D eigenvalue weighted by molar-refractivity contribution is 0.157. The maximum absolute atomic E-state index is 9.58. The average molecular weight is 214 g/mol. The van der Waals surface area contributed by atoms with E-state index in [1.807, 2.05) is 18.2 Å². The highest BCUT2D eigenvalue weighted by atomic mass is 15.1. The number of hydrogen-bond acceptors (Lipinski definition) is 2. The van der Waals surface area contributed by atoms with E-state index in [0.717, 1.165) is 19.5 Å². The Kier molecular flexibility index (Phi) is 2.98. The monoisotopic (exact) mass is 214 g/mol. The minimum absolute atomic E-state index is 0.284. The summed E-state index contributed by atoms with van der Waals surface area (Å²) in [6, 6.07) is 12.8. The lowest BCUT2D eigenvalue weighted by Crippen LogP contribution is -2.46. The number of piperidine rings is 1. The lowest BCUT2D eigenvalue weighted by Gasteiger charge is -2.41. The third-order valence-corrected chi connectivity index (χ3v) is 3.80. The molecule has 2 rings (SSSR count). The quantitative estimate of drug-likeness (QED) is 0.718. The van der Waals surface area contributed by atoms with Gasteiger partial charge in [-0.15, -0.1) is 0 Å². The fourth-order valence-electron chi connectivity index (χ4n) is 2.72. The molecular weight excluding hydrogens is 196 g/mol. The smallest absolute Gasteiger partial charge is 0.0872 e. The molecule has 0 bridgehead atoms. The number of hydrogen-bond donors (Lipinski definition) is 0. The summed E-state index contributed by atoms with van der Waals surface area (Å²) in [5, 5.41) is 9.58. The van der Waals surface area contributed by atoms with Gasteiger partial charge in [0, 0.05) is 6.54 Å². The lowest BCUT2D eigenvalue weighted by atomic mass is 9.68. The number of likely N-dealkylation sites (tertiary alicyclic amines) is 1. The van der Waals surface area contributed by atoms with Crippen LogP contribution in [0.3, 0.4) is 0 Å². The van der Waals surface area contributed by atoms with Crippen LogP contribution in [0.1, 0.15) is 18.9 Å². The second kappa shape index (κ2) is 4.27. The standard InChI is InChI=1S/C14H18N2/c1-12-10-16(2)9-8-14(12,11-15)13-6-4-3-5-7-13/h3-7,12H,8-10H2,1-2H3/t12-,14-/m1/s1. The van der Waals surface area contributed by atoms with Crippen LogP contribution in [0.4, 0.5) is 0 Å². The van der Waals surface area contributed by atoms with Crippen LogP contribution in [0.5, 0.6) is 0 Å². The topological polar surface area (TPSA) is 27.0 Å². The molecule has 0 unspecified atom stereocenters. The van der Waals surface area contributed by atoms with E-state index < -0.39 is 0 Å². The maximum atomic E-state index is 9.58. The predicted molar refractivity (Wildman–Crippen MR) is 65.0 cm³/mol. The summed E-state index contributed by atoms with van der Waals surface area (Å²) in [5.41, 5.74) is 0.895. The molecule has 84 valence electrons. The van der Waals surface area contributed by atoms with E-state index in [2.05, 4.69) is 37.1 Å². The molecule has 0 aliphatic carbocycles. The van der Waals surface area contributed by atoms with E-state index in [-0.39, 0.29) is 5.41 Å². The zero-order chi connectivity index (χ0) is 11.6. The van der Waals surface area contributed by atoms with Crippen LogP contribution in [0.25, 0.3) is 0 Å². The van der Waals surface area contributed by atoms with Crippen LogP contribution in [0.2, 0.25) is 0 Å². The molecule has 1 fully saturated rings. The molecule has 1 aromatic rings. The van der Waals surface area contributed by atoms with Crippen molar-refractivity contribution in [1.29, 1.82) is 5.26 Å². The van der Waals surface area contributed by atoms with Gasteiger partial charge in [0.25, 0.3) is 0 Å². The Morgan fingerprint density at radius 3 is 2.62 bits per heavy atom. The van der Waals surface area contributed by atoms with Crippen molar-refractivity contribution in [2.75, 3.05) is 20.1 Å². The van der Waals surface area contributed by atoms with Gasteiger partial charge < -0.3 is 4.90 Å². The van der Waals surface area contributed by atoms with Crippen molar-refractivity contribution < 1.29 is 0 Å². The fraction of sp³-hybridized carbons (Fsp3) is 0.500. The highest BCUT2D eigenvalue weighted by molar-refractivity contribution is 5.34. The van der Waals surface area contributed by atoms with Crippen molar-refractivity contribution in [2.45, 2.75) is 18.8 Å². The van der Waals surface area contributed by atoms with Crippen LogP contribution < -0.4 is 0 Å². The molecule has 2 heteroatoms. The Morgan fingerprint density at radius 1 is 1.38 bits per heavy atom. The van der Waals surface area contributed by atoms with Gasteiger partial charge in [0.2, 0.25) is 0 Å². The summed E-state index contributed by atoms with van der Waals surface area (Å²) < 4.78 is 0. The second-order valence-corrected chi connectivity index (χ2v) is 4.86. The van der Waals surface area contributed by atoms with E-state index in [1.54, 1.807) is 0 Å². The van der Waals surface area contributed by atoms with Crippen molar-refractivity contribution in [2.24, 2.45) is 5.92 Å². The zero-order valence-corrected chi connectivity index (χ0v) is 9.98. The minimum atomic E-state index is -0.284. The van der Waals surface area contributed by atoms with E-state index in [9.17, 15) is 5.26 Å². The Bertz CT molecular complexity index is 393. The number of nitriles is 1. The molecule has 0 radical (unpaired) electrons. The fourth-order valence-corrected chi connectivity index (χ4v) is 2.72. The van der Waals surface area contributed by atoms with E-state index >= 15 is 0 Å². The molecule has 16 heavy (non-hydrogen) atoms. The molecule has 1 aliphatic rings. The van der Waals surface area contributed by atoms with Crippen molar-refractivity contribution in [3.8, 4) is 6.07 Å². The van der Waals surface area contributed by atoms with Crippen LogP contribution in [0, 0.1) is 17.2 Å². The van der Waals surface area contributed by atoms with Gasteiger partial charge in [-0.3, -0.25) is 0 Å². The van der Waals surface area contributed by atoms with Gasteiger partial charge in [0.1, 0.15) is 0 Å². The van der Waals surface area contributed by atoms with Gasteiger partial charge in [-0.1, -0.05) is 37.3 Å². The number of benzene rings is 1. The van der Waals surface area contributed by atoms with Crippen LogP contribution in [0.15, 0.2) is 30.3 Å². The van der Waals surface area contributed by atoms with E-state index in [0.29, 0.717) is 5.92 Å². The van der Waals surface area contributed by atoms with Gasteiger partial charge in [-0.2, -0.15) is 5.26 Å². The van der Waals surface area contributed by atoms with Gasteiger partial charge in [0.05, 0.1) is 11.5 Å². The highest BCUT2D eigenvalue weighted by Crippen LogP contribution is 2.38. The Hall–Kier alpha value is -1.33. The second-order valence-electron chi connectivity index (χ2n) is 4.86. The molecule has 2 atom stereocenters. The van der Waals surface area contributed by atoms with Crippen molar-refractivity contribution in [3.05, 3.63) is 35.9 Å². The Morgan fingerprint density at radius 2 is 2.06 bits per heavy atom. The van der Waals surface area contributed by atoms with E-state index in [4.69, 9.17) is 0 Å². The highest BCUT2D eigenvalue weighted by Gasteiger charge is 2.41. The summed E-state index contributed by atoms with van der Waals surface area (Å²) in [6.07, 6.45) is 0.936. The third-order valence-electron chi connectivity index (χ3n) is 3.80. The number of nitrogens with zero attached hydrogens (tertiary/aromatic N) is 2. The van der Waals surface area contributed by atoms with Gasteiger partial charge in [-0.05, 0) is 31.5 Å². The zero-order valence-electron chi connectivity index (χ0n) is 9.98. The molecule has 0 N–H and O–H groups in total. The number of rotatable bonds is 1. The summed E-state index contributed by atoms with van der Waals surface area (Å²) in [6.45, 7) is 4.20. The van der Waals surface area contributed by atoms with Crippen LogP contribution in [-0.4, -0.2) is 25.0 Å². The molecule has 0 amide bonds. The summed E-state index contributed by atoms with van der Waals surface area (Å²) in [4.78, 5) is 2.31. The summed E-state index contributed by atoms with van der Waals surface area (Å²) in [7, 11) is 2.13. The van der Waals surface area contributed by atoms with Crippen LogP contribution in [-0.2, 0) is 5.41 Å². The summed E-state index contributed by atoms with van der Waals surface area (Å²) in [5.74, 6) is 0.388. The first-order valence-corrected chi connectivity index (χ1v) is 5.84. The largest absolute Gasteiger partial charge is 0.306 e. The SMILES string of the molecule is C[C@@H]1CN(C)CC[C@]1(C#N)c1ccccc1. The summed E-state index contributed by atoms with van der Waals surface area (Å²) >= 11 is 0. The average Bonchev–Trinajstić information content (AvgIpc) is 2.31. The molecule has 1 saturated heterocycles. The normalized spacial score (nSPS) is 30.9. The molecule has 0 aromatic heterocycles. The van der Waals surface area contributed by atoms with Gasteiger partial charge in [0.15, 0.2) is 0 Å². The van der Waals surface area contributed by atoms with Crippen molar-refractivity contribution in [1.82, 2.24) is 4.90 Å². The van der Waals surface area contributed by atoms with Crippen molar-refractivity contribution >= 4 is 0 Å². The molecule has 0 saturated carbocycles. The molecule has 1 aromatic carbocycles. The first kappa shape index (κ1) is 11.2. The Balaban J connectivity index is 2.37. The maximum Gasteiger partial charge on any atom is 0.0872 e. The third kappa shape index (κ3) is 1.72. The van der Waals surface area contributed by atoms with Gasteiger partial charge in [-0.25, -0.2) is 0 Å². The van der Waals surface area contributed by atoms with E-state index in [1.165, 1.54) is 5.56 Å².